The molecule has 1 aliphatic heterocycles. The molecule has 2 N–H and O–H groups in total. The zero-order chi connectivity index (χ0) is 21.1. The van der Waals surface area contributed by atoms with Gasteiger partial charge in [0.1, 0.15) is 0 Å². The highest BCUT2D eigenvalue weighted by atomic mass is 32.2. The van der Waals surface area contributed by atoms with Gasteiger partial charge in [-0.3, -0.25) is 4.31 Å². The van der Waals surface area contributed by atoms with Crippen molar-refractivity contribution in [3.63, 3.8) is 0 Å². The monoisotopic (exact) mass is 421 g/mol. The summed E-state index contributed by atoms with van der Waals surface area (Å²) in [4.78, 5) is 12.7. The van der Waals surface area contributed by atoms with E-state index in [4.69, 9.17) is 0 Å². The maximum absolute atomic E-state index is 13.1. The summed E-state index contributed by atoms with van der Waals surface area (Å²) in [5.41, 5.74) is 3.90. The number of sulfonamides is 1. The Morgan fingerprint density at radius 2 is 1.67 bits per heavy atom. The summed E-state index contributed by atoms with van der Waals surface area (Å²) in [5, 5.41) is 5.67. The van der Waals surface area contributed by atoms with E-state index >= 15 is 0 Å². The van der Waals surface area contributed by atoms with Crippen LogP contribution in [0.15, 0.2) is 77.7 Å². The maximum Gasteiger partial charge on any atom is 0.323 e. The average Bonchev–Trinajstić information content (AvgIpc) is 2.75. The van der Waals surface area contributed by atoms with Crippen LogP contribution in [0.25, 0.3) is 0 Å². The molecule has 3 aromatic carbocycles. The van der Waals surface area contributed by atoms with Gasteiger partial charge >= 0.3 is 6.03 Å². The van der Waals surface area contributed by atoms with Crippen molar-refractivity contribution in [2.24, 2.45) is 0 Å². The Kier molecular flexibility index (Phi) is 5.46. The second-order valence-electron chi connectivity index (χ2n) is 7.23. The van der Waals surface area contributed by atoms with Gasteiger partial charge in [0.15, 0.2) is 0 Å². The Labute approximate surface area is 176 Å². The van der Waals surface area contributed by atoms with Crippen molar-refractivity contribution >= 4 is 33.1 Å². The molecule has 30 heavy (non-hydrogen) atoms. The lowest BCUT2D eigenvalue weighted by molar-refractivity contribution is 0.262. The van der Waals surface area contributed by atoms with E-state index in [0.717, 1.165) is 29.7 Å². The van der Waals surface area contributed by atoms with Crippen molar-refractivity contribution in [1.82, 2.24) is 0 Å². The van der Waals surface area contributed by atoms with E-state index < -0.39 is 10.0 Å². The van der Waals surface area contributed by atoms with Crippen molar-refractivity contribution in [3.05, 3.63) is 83.9 Å². The molecule has 0 aromatic heterocycles. The molecule has 1 aliphatic rings. The number of anilines is 3. The lowest BCUT2D eigenvalue weighted by Crippen LogP contribution is -2.35. The summed E-state index contributed by atoms with van der Waals surface area (Å²) in [6.45, 7) is 2.36. The lowest BCUT2D eigenvalue weighted by atomic mass is 10.0. The van der Waals surface area contributed by atoms with Crippen LogP contribution in [0, 0.1) is 6.92 Å². The highest BCUT2D eigenvalue weighted by Crippen LogP contribution is 2.33. The summed E-state index contributed by atoms with van der Waals surface area (Å²) in [6, 6.07) is 21.0. The van der Waals surface area contributed by atoms with E-state index in [1.165, 1.54) is 4.31 Å². The zero-order valence-electron chi connectivity index (χ0n) is 16.6. The van der Waals surface area contributed by atoms with Gasteiger partial charge in [0.2, 0.25) is 0 Å². The Hall–Kier alpha value is -3.32. The van der Waals surface area contributed by atoms with Gasteiger partial charge < -0.3 is 10.6 Å². The second-order valence-corrected chi connectivity index (χ2v) is 9.09. The minimum absolute atomic E-state index is 0.276. The summed E-state index contributed by atoms with van der Waals surface area (Å²) < 4.78 is 27.6. The van der Waals surface area contributed by atoms with Crippen LogP contribution in [-0.4, -0.2) is 21.0 Å². The lowest BCUT2D eigenvalue weighted by Gasteiger charge is -2.30. The molecular formula is C23H23N3O3S. The molecule has 0 atom stereocenters. The van der Waals surface area contributed by atoms with E-state index in [2.05, 4.69) is 10.6 Å². The maximum atomic E-state index is 13.1. The number of aryl methyl sites for hydroxylation is 2. The number of nitrogens with one attached hydrogen (secondary N) is 2. The minimum atomic E-state index is -3.62. The van der Waals surface area contributed by atoms with Crippen molar-refractivity contribution in [1.29, 1.82) is 0 Å². The molecule has 1 heterocycles. The summed E-state index contributed by atoms with van der Waals surface area (Å²) >= 11 is 0. The number of nitrogens with zero attached hydrogens (tertiary/aromatic N) is 1. The van der Waals surface area contributed by atoms with Gasteiger partial charge in [-0.15, -0.1) is 0 Å². The first-order valence-electron chi connectivity index (χ1n) is 9.79. The molecule has 0 fully saturated rings. The van der Waals surface area contributed by atoms with E-state index in [1.807, 2.05) is 37.3 Å². The van der Waals surface area contributed by atoms with Gasteiger partial charge in [-0.1, -0.05) is 36.4 Å². The summed E-state index contributed by atoms with van der Waals surface area (Å²) in [5.74, 6) is 0. The fourth-order valence-electron chi connectivity index (χ4n) is 3.61. The molecule has 0 bridgehead atoms. The SMILES string of the molecule is Cc1ccccc1NC(=O)Nc1ccc2c(c1)CCCN2S(=O)(=O)c1ccccc1. The van der Waals surface area contributed by atoms with Crippen molar-refractivity contribution in [3.8, 4) is 0 Å². The topological polar surface area (TPSA) is 78.5 Å². The Bertz CT molecular complexity index is 1180. The largest absolute Gasteiger partial charge is 0.323 e. The Morgan fingerprint density at radius 3 is 2.43 bits per heavy atom. The number of para-hydroxylation sites is 1. The predicted molar refractivity (Wildman–Crippen MR) is 120 cm³/mol. The van der Waals surface area contributed by atoms with Gasteiger partial charge in [0, 0.05) is 17.9 Å². The van der Waals surface area contributed by atoms with Gasteiger partial charge in [0.05, 0.1) is 10.6 Å². The van der Waals surface area contributed by atoms with Gasteiger partial charge in [-0.25, -0.2) is 13.2 Å². The van der Waals surface area contributed by atoms with Crippen LogP contribution in [0.1, 0.15) is 17.5 Å². The summed E-state index contributed by atoms with van der Waals surface area (Å²) in [7, 11) is -3.62. The Balaban J connectivity index is 1.55. The first-order chi connectivity index (χ1) is 14.4. The number of amides is 2. The standard InChI is InChI=1S/C23H23N3O3S/c1-17-8-5-6-12-21(17)25-23(27)24-19-13-14-22-18(16-19)9-7-15-26(22)30(28,29)20-10-3-2-4-11-20/h2-6,8,10-14,16H,7,9,15H2,1H3,(H2,24,25,27). The molecule has 154 valence electrons. The molecule has 4 rings (SSSR count). The Morgan fingerprint density at radius 1 is 0.933 bits per heavy atom. The van der Waals surface area contributed by atoms with Crippen LogP contribution in [0.2, 0.25) is 0 Å². The van der Waals surface area contributed by atoms with Gasteiger partial charge in [-0.2, -0.15) is 0 Å². The average molecular weight is 422 g/mol. The van der Waals surface area contributed by atoms with Crippen LogP contribution < -0.4 is 14.9 Å². The van der Waals surface area contributed by atoms with Crippen molar-refractivity contribution < 1.29 is 13.2 Å². The molecule has 6 nitrogen and oxygen atoms in total. The molecular weight excluding hydrogens is 398 g/mol. The van der Waals surface area contributed by atoms with E-state index in [-0.39, 0.29) is 10.9 Å². The number of rotatable bonds is 4. The van der Waals surface area contributed by atoms with Gasteiger partial charge in [0.25, 0.3) is 10.0 Å². The highest BCUT2D eigenvalue weighted by Gasteiger charge is 2.29. The van der Waals surface area contributed by atoms with Crippen LogP contribution in [0.4, 0.5) is 21.9 Å². The number of carbonyl (C=O) groups is 1. The third-order valence-electron chi connectivity index (χ3n) is 5.14. The van der Waals surface area contributed by atoms with Crippen LogP contribution in [-0.2, 0) is 16.4 Å². The van der Waals surface area contributed by atoms with Crippen molar-refractivity contribution in [2.45, 2.75) is 24.7 Å². The zero-order valence-corrected chi connectivity index (χ0v) is 17.4. The molecule has 2 amide bonds. The fraction of sp³-hybridized carbons (Fsp3) is 0.174. The number of urea groups is 1. The number of hydrogen-bond donors (Lipinski definition) is 2. The molecule has 0 aliphatic carbocycles. The fourth-order valence-corrected chi connectivity index (χ4v) is 5.17. The molecule has 0 saturated heterocycles. The highest BCUT2D eigenvalue weighted by molar-refractivity contribution is 7.92. The van der Waals surface area contributed by atoms with E-state index in [1.54, 1.807) is 42.5 Å². The molecule has 0 unspecified atom stereocenters. The molecule has 0 radical (unpaired) electrons. The van der Waals surface area contributed by atoms with Crippen molar-refractivity contribution in [2.75, 3.05) is 21.5 Å². The molecule has 7 heteroatoms. The number of hydrogen-bond acceptors (Lipinski definition) is 3. The number of fused-ring (bicyclic) bond motifs is 1. The number of carbonyl (C=O) groups excluding carboxylic acids is 1. The first-order valence-corrected chi connectivity index (χ1v) is 11.2. The molecule has 3 aromatic rings. The second kappa shape index (κ2) is 8.20. The molecule has 0 spiro atoms. The van der Waals surface area contributed by atoms with Crippen LogP contribution in [0.3, 0.4) is 0 Å². The predicted octanol–water partition coefficient (Wildman–Crippen LogP) is 4.78. The molecule has 0 saturated carbocycles. The third-order valence-corrected chi connectivity index (χ3v) is 6.97. The van der Waals surface area contributed by atoms with E-state index in [0.29, 0.717) is 17.9 Å². The van der Waals surface area contributed by atoms with Crippen LogP contribution >= 0.6 is 0 Å². The third kappa shape index (κ3) is 4.02. The summed E-state index contributed by atoms with van der Waals surface area (Å²) in [6.07, 6.45) is 1.48. The quantitative estimate of drug-likeness (QED) is 0.636. The minimum Gasteiger partial charge on any atom is -0.308 e. The normalized spacial score (nSPS) is 13.4. The number of benzene rings is 3. The van der Waals surface area contributed by atoms with E-state index in [9.17, 15) is 13.2 Å². The smallest absolute Gasteiger partial charge is 0.308 e. The first kappa shape index (κ1) is 20.0. The van der Waals surface area contributed by atoms with Crippen LogP contribution in [0.5, 0.6) is 0 Å². The van der Waals surface area contributed by atoms with Gasteiger partial charge in [-0.05, 0) is 67.3 Å².